The second-order valence-electron chi connectivity index (χ2n) is 8.64. The van der Waals surface area contributed by atoms with Crippen molar-refractivity contribution < 1.29 is 49.0 Å². The van der Waals surface area contributed by atoms with E-state index in [9.17, 15) is 14.4 Å². The van der Waals surface area contributed by atoms with Crippen molar-refractivity contribution in [2.24, 2.45) is 0 Å². The molecular formula is C27H35NO10. The summed E-state index contributed by atoms with van der Waals surface area (Å²) in [7, 11) is 0. The Morgan fingerprint density at radius 3 is 1.79 bits per heavy atom. The molecule has 0 bridgehead atoms. The van der Waals surface area contributed by atoms with Gasteiger partial charge in [-0.15, -0.1) is 0 Å². The monoisotopic (exact) mass is 533 g/mol. The fraction of sp³-hybridized carbons (Fsp3) is 0.444. The van der Waals surface area contributed by atoms with E-state index in [2.05, 4.69) is 18.7 Å². The number of hydrogen-bond donors (Lipinski definition) is 4. The predicted molar refractivity (Wildman–Crippen MR) is 136 cm³/mol. The highest BCUT2D eigenvalue weighted by atomic mass is 16.7. The van der Waals surface area contributed by atoms with Crippen LogP contribution < -0.4 is 9.47 Å². The molecule has 0 aliphatic carbocycles. The van der Waals surface area contributed by atoms with E-state index in [1.54, 1.807) is 0 Å². The molecule has 11 nitrogen and oxygen atoms in total. The van der Waals surface area contributed by atoms with Gasteiger partial charge in [-0.05, 0) is 25.2 Å². The molecule has 1 aliphatic rings. The standard InChI is InChI=1S/C21H27NO3.C6H8O7/c1-3-22(4-2)15-17-23-16-14-21(18-10-6-5-7-11-18)24-19-12-8-9-13-20(19)25-21;7-3(8)1-6(13,5(11)12)2-4(9)10/h5-13H,3-4,14-17H2,1-2H3;13H,1-2H2,(H,7,8)(H,9,10)(H,11,12). The fourth-order valence-electron chi connectivity index (χ4n) is 3.81. The van der Waals surface area contributed by atoms with Crippen LogP contribution in [-0.4, -0.2) is 81.7 Å². The van der Waals surface area contributed by atoms with Gasteiger partial charge in [-0.25, -0.2) is 4.79 Å². The van der Waals surface area contributed by atoms with E-state index in [4.69, 9.17) is 34.6 Å². The van der Waals surface area contributed by atoms with Crippen LogP contribution in [-0.2, 0) is 24.9 Å². The molecule has 0 amide bonds. The molecule has 11 heteroatoms. The van der Waals surface area contributed by atoms with Crippen molar-refractivity contribution in [1.29, 1.82) is 0 Å². The van der Waals surface area contributed by atoms with Gasteiger partial charge in [0.2, 0.25) is 0 Å². The summed E-state index contributed by atoms with van der Waals surface area (Å²) in [6, 6.07) is 17.9. The lowest BCUT2D eigenvalue weighted by molar-refractivity contribution is -0.170. The highest BCUT2D eigenvalue weighted by molar-refractivity contribution is 5.88. The molecule has 208 valence electrons. The summed E-state index contributed by atoms with van der Waals surface area (Å²) in [5.41, 5.74) is -1.73. The van der Waals surface area contributed by atoms with Gasteiger partial charge in [0.25, 0.3) is 5.79 Å². The van der Waals surface area contributed by atoms with E-state index >= 15 is 0 Å². The Labute approximate surface area is 221 Å². The fourth-order valence-corrected chi connectivity index (χ4v) is 3.81. The number of nitrogens with zero attached hydrogens (tertiary/aromatic N) is 1. The summed E-state index contributed by atoms with van der Waals surface area (Å²) in [6.45, 7) is 8.71. The predicted octanol–water partition coefficient (Wildman–Crippen LogP) is 2.81. The average Bonchev–Trinajstić information content (AvgIpc) is 3.26. The van der Waals surface area contributed by atoms with Gasteiger partial charge >= 0.3 is 17.9 Å². The number of para-hydroxylation sites is 2. The Kier molecular flexibility index (Phi) is 11.5. The second-order valence-corrected chi connectivity index (χ2v) is 8.64. The van der Waals surface area contributed by atoms with Gasteiger partial charge in [-0.1, -0.05) is 56.3 Å². The first kappa shape index (κ1) is 30.6. The van der Waals surface area contributed by atoms with E-state index in [-0.39, 0.29) is 0 Å². The van der Waals surface area contributed by atoms with E-state index in [1.807, 2.05) is 54.6 Å². The number of benzene rings is 2. The number of carboxylic acid groups (broad SMARTS) is 3. The topological polar surface area (TPSA) is 163 Å². The van der Waals surface area contributed by atoms with Crippen molar-refractivity contribution >= 4 is 17.9 Å². The Hall–Kier alpha value is -3.67. The highest BCUT2D eigenvalue weighted by Crippen LogP contribution is 2.45. The highest BCUT2D eigenvalue weighted by Gasteiger charge is 2.43. The zero-order valence-electron chi connectivity index (χ0n) is 21.5. The summed E-state index contributed by atoms with van der Waals surface area (Å²) in [6.07, 6.45) is -1.65. The van der Waals surface area contributed by atoms with Crippen LogP contribution in [0.3, 0.4) is 0 Å². The van der Waals surface area contributed by atoms with Gasteiger partial charge in [0.1, 0.15) is 0 Å². The molecule has 0 aromatic heterocycles. The lowest BCUT2D eigenvalue weighted by Crippen LogP contribution is -2.42. The number of carboxylic acids is 3. The Balaban J connectivity index is 0.000000332. The first-order valence-electron chi connectivity index (χ1n) is 12.3. The number of likely N-dealkylation sites (N-methyl/N-ethyl adjacent to an activating group) is 1. The lowest BCUT2D eigenvalue weighted by atomic mass is 9.96. The average molecular weight is 534 g/mol. The molecule has 3 rings (SSSR count). The molecule has 1 heterocycles. The van der Waals surface area contributed by atoms with Crippen molar-refractivity contribution in [3.8, 4) is 11.5 Å². The third kappa shape index (κ3) is 8.72. The van der Waals surface area contributed by atoms with E-state index < -0.39 is 42.1 Å². The van der Waals surface area contributed by atoms with E-state index in [0.717, 1.165) is 43.3 Å². The minimum atomic E-state index is -2.74. The minimum absolute atomic E-state index is 0.587. The molecule has 38 heavy (non-hydrogen) atoms. The van der Waals surface area contributed by atoms with Crippen LogP contribution in [0.15, 0.2) is 54.6 Å². The second kappa shape index (κ2) is 14.3. The van der Waals surface area contributed by atoms with Crippen LogP contribution >= 0.6 is 0 Å². The number of hydrogen-bond acceptors (Lipinski definition) is 8. The molecule has 0 atom stereocenters. The van der Waals surface area contributed by atoms with Crippen LogP contribution in [0.1, 0.15) is 38.7 Å². The molecule has 1 aliphatic heterocycles. The molecule has 0 fully saturated rings. The van der Waals surface area contributed by atoms with Crippen molar-refractivity contribution in [2.45, 2.75) is 44.5 Å². The largest absolute Gasteiger partial charge is 0.481 e. The molecule has 0 saturated carbocycles. The van der Waals surface area contributed by atoms with Crippen LogP contribution in [0.25, 0.3) is 0 Å². The van der Waals surface area contributed by atoms with Crippen LogP contribution in [0, 0.1) is 0 Å². The summed E-state index contributed by atoms with van der Waals surface area (Å²) in [4.78, 5) is 32.8. The Morgan fingerprint density at radius 2 is 1.34 bits per heavy atom. The maximum absolute atomic E-state index is 10.3. The molecule has 4 N–H and O–H groups in total. The van der Waals surface area contributed by atoms with E-state index in [0.29, 0.717) is 13.0 Å². The van der Waals surface area contributed by atoms with Crippen LogP contribution in [0.4, 0.5) is 0 Å². The van der Waals surface area contributed by atoms with Crippen molar-refractivity contribution in [3.05, 3.63) is 60.2 Å². The lowest BCUT2D eigenvalue weighted by Gasteiger charge is -2.28. The van der Waals surface area contributed by atoms with Gasteiger partial charge in [0, 0.05) is 12.1 Å². The summed E-state index contributed by atoms with van der Waals surface area (Å²) >= 11 is 0. The van der Waals surface area contributed by atoms with Crippen molar-refractivity contribution in [3.63, 3.8) is 0 Å². The quantitative estimate of drug-likeness (QED) is 0.264. The number of rotatable bonds is 14. The number of aliphatic carboxylic acids is 3. The van der Waals surface area contributed by atoms with Gasteiger partial charge in [0.05, 0.1) is 32.5 Å². The van der Waals surface area contributed by atoms with Gasteiger partial charge in [-0.2, -0.15) is 0 Å². The third-order valence-electron chi connectivity index (χ3n) is 5.92. The summed E-state index contributed by atoms with van der Waals surface area (Å²) in [5.74, 6) is -4.25. The summed E-state index contributed by atoms with van der Waals surface area (Å²) in [5, 5.41) is 33.8. The molecule has 0 saturated heterocycles. The van der Waals surface area contributed by atoms with E-state index in [1.165, 1.54) is 0 Å². The Bertz CT molecular complexity index is 1010. The Morgan fingerprint density at radius 1 is 0.842 bits per heavy atom. The first-order valence-corrected chi connectivity index (χ1v) is 12.3. The van der Waals surface area contributed by atoms with Crippen LogP contribution in [0.5, 0.6) is 11.5 Å². The minimum Gasteiger partial charge on any atom is -0.481 e. The zero-order chi connectivity index (χ0) is 28.2. The number of aliphatic hydroxyl groups is 1. The number of fused-ring (bicyclic) bond motifs is 1. The smallest absolute Gasteiger partial charge is 0.336 e. The number of carbonyl (C=O) groups is 3. The van der Waals surface area contributed by atoms with Crippen molar-refractivity contribution in [2.75, 3.05) is 32.8 Å². The molecular weight excluding hydrogens is 498 g/mol. The molecule has 0 spiro atoms. The van der Waals surface area contributed by atoms with Gasteiger partial charge < -0.3 is 39.5 Å². The molecule has 0 unspecified atom stereocenters. The molecule has 2 aromatic rings. The van der Waals surface area contributed by atoms with Crippen LogP contribution in [0.2, 0.25) is 0 Å². The zero-order valence-corrected chi connectivity index (χ0v) is 21.5. The third-order valence-corrected chi connectivity index (χ3v) is 5.92. The normalized spacial score (nSPS) is 13.5. The van der Waals surface area contributed by atoms with Crippen molar-refractivity contribution in [1.82, 2.24) is 4.90 Å². The van der Waals surface area contributed by atoms with Gasteiger partial charge in [0.15, 0.2) is 17.1 Å². The maximum atomic E-state index is 10.3. The SMILES string of the molecule is CCN(CC)CCOCCC1(c2ccccc2)Oc2ccccc2O1.O=C(O)CC(O)(CC(=O)O)C(=O)O. The number of ether oxygens (including phenoxy) is 3. The molecule has 2 aromatic carbocycles. The maximum Gasteiger partial charge on any atom is 0.336 e. The molecule has 0 radical (unpaired) electrons. The first-order chi connectivity index (χ1) is 18.0. The summed E-state index contributed by atoms with van der Waals surface area (Å²) < 4.78 is 18.3. The van der Waals surface area contributed by atoms with Gasteiger partial charge in [-0.3, -0.25) is 9.59 Å².